The minimum Gasteiger partial charge on any atom is -0.391 e. The van der Waals surface area contributed by atoms with Crippen molar-refractivity contribution in [2.24, 2.45) is 0 Å². The maximum absolute atomic E-state index is 13.4. The van der Waals surface area contributed by atoms with Crippen LogP contribution in [0.15, 0.2) is 9.59 Å². The van der Waals surface area contributed by atoms with Gasteiger partial charge in [-0.1, -0.05) is 26.7 Å². The van der Waals surface area contributed by atoms with Gasteiger partial charge in [-0.25, -0.2) is 0 Å². The van der Waals surface area contributed by atoms with Crippen LogP contribution in [0.5, 0.6) is 0 Å². The van der Waals surface area contributed by atoms with E-state index in [4.69, 9.17) is 0 Å². The van der Waals surface area contributed by atoms with Crippen molar-refractivity contribution in [1.29, 1.82) is 0 Å². The number of carbonyl (C=O) groups excluding carboxylic acids is 2. The molecular formula is C20H22N2O6. The van der Waals surface area contributed by atoms with Crippen molar-refractivity contribution in [1.82, 2.24) is 9.97 Å². The van der Waals surface area contributed by atoms with Crippen molar-refractivity contribution in [2.45, 2.75) is 52.7 Å². The third-order valence-corrected chi connectivity index (χ3v) is 5.08. The quantitative estimate of drug-likeness (QED) is 0.492. The summed E-state index contributed by atoms with van der Waals surface area (Å²) in [4.78, 5) is 56.0. The number of H-pyrrole nitrogens is 2. The lowest BCUT2D eigenvalue weighted by Gasteiger charge is -2.24. The van der Waals surface area contributed by atoms with Crippen LogP contribution in [0.2, 0.25) is 0 Å². The van der Waals surface area contributed by atoms with Crippen molar-refractivity contribution in [2.75, 3.05) is 0 Å². The maximum atomic E-state index is 13.4. The number of rotatable bonds is 6. The molecule has 1 aliphatic rings. The molecule has 28 heavy (non-hydrogen) atoms. The fourth-order valence-corrected chi connectivity index (χ4v) is 3.86. The Hall–Kier alpha value is -2.84. The van der Waals surface area contributed by atoms with E-state index < -0.39 is 35.9 Å². The summed E-state index contributed by atoms with van der Waals surface area (Å²) in [5, 5.41) is 19.3. The molecule has 0 aromatic carbocycles. The highest BCUT2D eigenvalue weighted by Crippen LogP contribution is 2.31. The molecular weight excluding hydrogens is 364 g/mol. The van der Waals surface area contributed by atoms with Crippen molar-refractivity contribution in [3.8, 4) is 0 Å². The molecule has 0 amide bonds. The number of fused-ring (bicyclic) bond motifs is 2. The highest BCUT2D eigenvalue weighted by Gasteiger charge is 2.37. The van der Waals surface area contributed by atoms with Crippen LogP contribution in [-0.2, 0) is 26.1 Å². The number of nitrogens with one attached hydrogen (secondary N) is 2. The van der Waals surface area contributed by atoms with Crippen LogP contribution in [0, 0.1) is 0 Å². The number of carbonyl (C=O) groups is 2. The van der Waals surface area contributed by atoms with Crippen molar-refractivity contribution in [3.63, 3.8) is 0 Å². The molecule has 0 unspecified atom stereocenters. The number of hydrogen-bond donors (Lipinski definition) is 4. The van der Waals surface area contributed by atoms with E-state index in [9.17, 15) is 29.4 Å². The first-order chi connectivity index (χ1) is 13.4. The number of aromatic amines is 2. The zero-order valence-electron chi connectivity index (χ0n) is 15.8. The van der Waals surface area contributed by atoms with E-state index in [1.165, 1.54) is 0 Å². The van der Waals surface area contributed by atoms with Gasteiger partial charge in [-0.05, 0) is 24.0 Å². The van der Waals surface area contributed by atoms with E-state index in [0.29, 0.717) is 36.8 Å². The second kappa shape index (κ2) is 7.65. The minimum atomic E-state index is -0.650. The highest BCUT2D eigenvalue weighted by atomic mass is 16.3. The summed E-state index contributed by atoms with van der Waals surface area (Å²) in [7, 11) is 0. The summed E-state index contributed by atoms with van der Waals surface area (Å²) in [6.07, 6.45) is 1.89. The third-order valence-electron chi connectivity index (χ3n) is 5.08. The summed E-state index contributed by atoms with van der Waals surface area (Å²) in [6.45, 7) is 2.62. The molecule has 0 aliphatic heterocycles. The molecule has 0 bridgehead atoms. The van der Waals surface area contributed by atoms with Gasteiger partial charge in [0.1, 0.15) is 11.4 Å². The van der Waals surface area contributed by atoms with Crippen LogP contribution < -0.4 is 11.1 Å². The smallest absolute Gasteiger partial charge is 0.254 e. The van der Waals surface area contributed by atoms with Crippen LogP contribution in [0.25, 0.3) is 0 Å². The predicted octanol–water partition coefficient (Wildman–Crippen LogP) is 0.728. The molecule has 2 aromatic rings. The number of aliphatic hydroxyl groups excluding tert-OH is 2. The van der Waals surface area contributed by atoms with Gasteiger partial charge in [0.05, 0.1) is 24.3 Å². The van der Waals surface area contributed by atoms with Crippen molar-refractivity contribution < 1.29 is 19.8 Å². The molecule has 148 valence electrons. The van der Waals surface area contributed by atoms with Gasteiger partial charge in [-0.2, -0.15) is 0 Å². The topological polar surface area (TPSA) is 140 Å². The zero-order chi connectivity index (χ0) is 20.6. The first-order valence-electron chi connectivity index (χ1n) is 9.28. The summed E-state index contributed by atoms with van der Waals surface area (Å²) in [5.41, 5.74) is -0.625. The van der Waals surface area contributed by atoms with Gasteiger partial charge >= 0.3 is 0 Å². The normalized spacial score (nSPS) is 12.9. The van der Waals surface area contributed by atoms with Crippen LogP contribution in [0.1, 0.15) is 81.0 Å². The zero-order valence-corrected chi connectivity index (χ0v) is 15.8. The standard InChI is InChI=1S/C20H22N2O6/c1-3-5-9-11(7-23)19(27)21-15-13(9)17(25)14-10(6-4-2)12(8-24)20(28)22-16(14)18(15)26/h23-24H,3-8H2,1-2H3,(H,21,27)(H,22,28). The van der Waals surface area contributed by atoms with Gasteiger partial charge in [0.15, 0.2) is 5.78 Å². The molecule has 2 heterocycles. The van der Waals surface area contributed by atoms with E-state index in [1.54, 1.807) is 0 Å². The Morgan fingerprint density at radius 3 is 1.36 bits per heavy atom. The van der Waals surface area contributed by atoms with Crippen molar-refractivity contribution in [3.05, 3.63) is 65.5 Å². The summed E-state index contributed by atoms with van der Waals surface area (Å²) in [6, 6.07) is 0. The molecule has 1 aliphatic carbocycles. The van der Waals surface area contributed by atoms with Crippen LogP contribution in [-0.4, -0.2) is 31.7 Å². The number of ketones is 2. The summed E-state index contributed by atoms with van der Waals surface area (Å²) < 4.78 is 0. The second-order valence-electron chi connectivity index (χ2n) is 6.80. The number of aromatic nitrogens is 2. The Labute approximate surface area is 160 Å². The number of aliphatic hydroxyl groups is 2. The highest BCUT2D eigenvalue weighted by molar-refractivity contribution is 6.28. The molecule has 0 spiro atoms. The fraction of sp³-hybridized carbons (Fsp3) is 0.400. The van der Waals surface area contributed by atoms with E-state index in [-0.39, 0.29) is 33.6 Å². The molecule has 0 saturated heterocycles. The molecule has 3 rings (SSSR count). The fourth-order valence-electron chi connectivity index (χ4n) is 3.86. The lowest BCUT2D eigenvalue weighted by atomic mass is 9.81. The maximum Gasteiger partial charge on any atom is 0.254 e. The number of pyridine rings is 2. The van der Waals surface area contributed by atoms with Crippen LogP contribution in [0.3, 0.4) is 0 Å². The molecule has 8 nitrogen and oxygen atoms in total. The molecule has 0 atom stereocenters. The Balaban J connectivity index is 2.43. The van der Waals surface area contributed by atoms with Crippen LogP contribution >= 0.6 is 0 Å². The minimum absolute atomic E-state index is 0.0639. The third kappa shape index (κ3) is 2.85. The monoisotopic (exact) mass is 386 g/mol. The molecule has 0 radical (unpaired) electrons. The Morgan fingerprint density at radius 1 is 0.643 bits per heavy atom. The molecule has 0 saturated carbocycles. The van der Waals surface area contributed by atoms with Gasteiger partial charge in [-0.15, -0.1) is 0 Å². The van der Waals surface area contributed by atoms with Gasteiger partial charge in [0.2, 0.25) is 5.78 Å². The first-order valence-corrected chi connectivity index (χ1v) is 9.28. The van der Waals surface area contributed by atoms with E-state index in [1.807, 2.05) is 13.8 Å². The average Bonchev–Trinajstić information content (AvgIpc) is 2.66. The molecule has 2 aromatic heterocycles. The van der Waals surface area contributed by atoms with Gasteiger partial charge in [0.25, 0.3) is 11.1 Å². The molecule has 8 heteroatoms. The number of hydrogen-bond acceptors (Lipinski definition) is 6. The Kier molecular flexibility index (Phi) is 5.44. The second-order valence-corrected chi connectivity index (χ2v) is 6.80. The summed E-state index contributed by atoms with van der Waals surface area (Å²) in [5.74, 6) is -1.14. The lowest BCUT2D eigenvalue weighted by molar-refractivity contribution is 0.0968. The van der Waals surface area contributed by atoms with Crippen molar-refractivity contribution >= 4 is 11.6 Å². The predicted molar refractivity (Wildman–Crippen MR) is 101 cm³/mol. The first kappa shape index (κ1) is 19.9. The van der Waals surface area contributed by atoms with Gasteiger partial charge in [0, 0.05) is 11.1 Å². The van der Waals surface area contributed by atoms with Crippen LogP contribution in [0.4, 0.5) is 0 Å². The van der Waals surface area contributed by atoms with E-state index >= 15 is 0 Å². The average molecular weight is 386 g/mol. The van der Waals surface area contributed by atoms with E-state index in [0.717, 1.165) is 0 Å². The van der Waals surface area contributed by atoms with Gasteiger partial charge < -0.3 is 20.2 Å². The SMILES string of the molecule is CCCc1c2c([nH]c(=O)c1CO)C(=O)c1[nH]c(=O)c(CO)c(CCC)c1C2=O. The largest absolute Gasteiger partial charge is 0.391 e. The summed E-state index contributed by atoms with van der Waals surface area (Å²) >= 11 is 0. The van der Waals surface area contributed by atoms with Gasteiger partial charge in [-0.3, -0.25) is 19.2 Å². The van der Waals surface area contributed by atoms with E-state index in [2.05, 4.69) is 9.97 Å². The lowest BCUT2D eigenvalue weighted by Crippen LogP contribution is -2.35. The Morgan fingerprint density at radius 2 is 1.04 bits per heavy atom. The Bertz CT molecular complexity index is 1010. The molecule has 0 fully saturated rings. The molecule has 4 N–H and O–H groups in total.